The minimum Gasteiger partial charge on any atom is -0.478 e. The number of nitrogens with zero attached hydrogens (tertiary/aromatic N) is 2. The Labute approximate surface area is 111 Å². The van der Waals surface area contributed by atoms with Crippen LogP contribution in [0.1, 0.15) is 45.7 Å². The lowest BCUT2D eigenvalue weighted by atomic mass is 10.1. The highest BCUT2D eigenvalue weighted by molar-refractivity contribution is 5.14. The van der Waals surface area contributed by atoms with E-state index in [1.165, 1.54) is 12.8 Å². The lowest BCUT2D eigenvalue weighted by Crippen LogP contribution is -2.36. The number of aryl methyl sites for hydroxylation is 2. The zero-order chi connectivity index (χ0) is 13.6. The van der Waals surface area contributed by atoms with Crippen molar-refractivity contribution in [3.05, 3.63) is 11.8 Å². The predicted molar refractivity (Wildman–Crippen MR) is 75.0 cm³/mol. The molecule has 1 heterocycles. The minimum absolute atomic E-state index is 0.225. The van der Waals surface area contributed by atoms with Crippen LogP contribution in [0.2, 0.25) is 0 Å². The number of nitrogens with one attached hydrogen (secondary N) is 1. The number of hydrogen-bond donors (Lipinski definition) is 1. The Balaban J connectivity index is 2.04. The smallest absolute Gasteiger partial charge is 0.211 e. The second-order valence-corrected chi connectivity index (χ2v) is 5.83. The van der Waals surface area contributed by atoms with E-state index in [9.17, 15) is 0 Å². The zero-order valence-corrected chi connectivity index (χ0v) is 12.4. The van der Waals surface area contributed by atoms with Crippen LogP contribution in [0.25, 0.3) is 0 Å². The summed E-state index contributed by atoms with van der Waals surface area (Å²) in [5, 5.41) is 7.74. The van der Waals surface area contributed by atoms with E-state index in [-0.39, 0.29) is 5.54 Å². The zero-order valence-electron chi connectivity index (χ0n) is 12.4. The molecular formula is C14H27N3O. The number of rotatable bonds is 7. The van der Waals surface area contributed by atoms with Crippen LogP contribution < -0.4 is 10.1 Å². The monoisotopic (exact) mass is 253 g/mol. The third-order valence-corrected chi connectivity index (χ3v) is 2.69. The average molecular weight is 253 g/mol. The molecule has 0 aliphatic carbocycles. The van der Waals surface area contributed by atoms with Gasteiger partial charge in [0.1, 0.15) is 0 Å². The van der Waals surface area contributed by atoms with E-state index in [1.807, 2.05) is 20.0 Å². The summed E-state index contributed by atoms with van der Waals surface area (Å²) in [6, 6.07) is 1.97. The minimum atomic E-state index is 0.225. The molecule has 0 radical (unpaired) electrons. The molecule has 1 rings (SSSR count). The second-order valence-electron chi connectivity index (χ2n) is 5.83. The molecule has 0 atom stereocenters. The van der Waals surface area contributed by atoms with Gasteiger partial charge in [-0.25, -0.2) is 4.68 Å². The molecule has 1 N–H and O–H groups in total. The second kappa shape index (κ2) is 6.78. The highest BCUT2D eigenvalue weighted by Crippen LogP contribution is 2.11. The first-order chi connectivity index (χ1) is 8.38. The first-order valence-electron chi connectivity index (χ1n) is 6.77. The van der Waals surface area contributed by atoms with Gasteiger partial charge in [0.25, 0.3) is 0 Å². The Kier molecular flexibility index (Phi) is 5.66. The lowest BCUT2D eigenvalue weighted by Gasteiger charge is -2.20. The van der Waals surface area contributed by atoms with Crippen molar-refractivity contribution in [2.45, 2.75) is 52.5 Å². The van der Waals surface area contributed by atoms with Crippen molar-refractivity contribution in [3.63, 3.8) is 0 Å². The van der Waals surface area contributed by atoms with Crippen LogP contribution in [0, 0.1) is 6.92 Å². The topological polar surface area (TPSA) is 39.1 Å². The Morgan fingerprint density at radius 3 is 2.56 bits per heavy atom. The molecule has 0 spiro atoms. The first kappa shape index (κ1) is 15.0. The van der Waals surface area contributed by atoms with Crippen LogP contribution in [0.5, 0.6) is 5.88 Å². The van der Waals surface area contributed by atoms with Crippen LogP contribution in [0.15, 0.2) is 6.07 Å². The molecule has 0 aliphatic heterocycles. The van der Waals surface area contributed by atoms with Crippen molar-refractivity contribution in [2.24, 2.45) is 7.05 Å². The van der Waals surface area contributed by atoms with E-state index in [0.717, 1.165) is 31.1 Å². The molecule has 0 saturated heterocycles. The SMILES string of the molecule is Cc1cc(OCCCCCNC(C)(C)C)n(C)n1. The molecule has 104 valence electrons. The maximum Gasteiger partial charge on any atom is 0.211 e. The van der Waals surface area contributed by atoms with Gasteiger partial charge < -0.3 is 10.1 Å². The van der Waals surface area contributed by atoms with Crippen molar-refractivity contribution in [3.8, 4) is 5.88 Å². The standard InChI is InChI=1S/C14H27N3O/c1-12-11-13(17(5)16-12)18-10-8-6-7-9-15-14(2,3)4/h11,15H,6-10H2,1-5H3. The van der Waals surface area contributed by atoms with E-state index in [2.05, 4.69) is 31.2 Å². The molecule has 0 aliphatic rings. The summed E-state index contributed by atoms with van der Waals surface area (Å²) in [5.41, 5.74) is 1.23. The predicted octanol–water partition coefficient (Wildman–Crippen LogP) is 2.67. The number of ether oxygens (including phenoxy) is 1. The Hall–Kier alpha value is -1.03. The molecule has 0 aromatic carbocycles. The van der Waals surface area contributed by atoms with Crippen molar-refractivity contribution < 1.29 is 4.74 Å². The van der Waals surface area contributed by atoms with Crippen molar-refractivity contribution in [1.82, 2.24) is 15.1 Å². The highest BCUT2D eigenvalue weighted by atomic mass is 16.5. The molecule has 0 amide bonds. The summed E-state index contributed by atoms with van der Waals surface area (Å²) in [6.07, 6.45) is 3.49. The fourth-order valence-corrected chi connectivity index (χ4v) is 1.77. The van der Waals surface area contributed by atoms with Gasteiger partial charge in [-0.1, -0.05) is 0 Å². The van der Waals surface area contributed by atoms with Gasteiger partial charge in [-0.2, -0.15) is 5.10 Å². The summed E-state index contributed by atoms with van der Waals surface area (Å²) in [7, 11) is 1.91. The molecule has 4 nitrogen and oxygen atoms in total. The van der Waals surface area contributed by atoms with Crippen molar-refractivity contribution in [1.29, 1.82) is 0 Å². The van der Waals surface area contributed by atoms with Gasteiger partial charge in [0, 0.05) is 18.7 Å². The van der Waals surface area contributed by atoms with Crippen LogP contribution in [-0.4, -0.2) is 28.5 Å². The van der Waals surface area contributed by atoms with Gasteiger partial charge in [-0.15, -0.1) is 0 Å². The van der Waals surface area contributed by atoms with E-state index in [0.29, 0.717) is 0 Å². The maximum atomic E-state index is 5.69. The molecule has 0 unspecified atom stereocenters. The Bertz CT molecular complexity index is 352. The van der Waals surface area contributed by atoms with Gasteiger partial charge in [0.15, 0.2) is 0 Å². The van der Waals surface area contributed by atoms with Gasteiger partial charge >= 0.3 is 0 Å². The van der Waals surface area contributed by atoms with Crippen LogP contribution in [0.3, 0.4) is 0 Å². The lowest BCUT2D eigenvalue weighted by molar-refractivity contribution is 0.279. The van der Waals surface area contributed by atoms with Crippen molar-refractivity contribution >= 4 is 0 Å². The molecule has 18 heavy (non-hydrogen) atoms. The molecular weight excluding hydrogens is 226 g/mol. The number of aromatic nitrogens is 2. The third-order valence-electron chi connectivity index (χ3n) is 2.69. The normalized spacial score (nSPS) is 11.8. The Morgan fingerprint density at radius 2 is 2.00 bits per heavy atom. The molecule has 0 saturated carbocycles. The van der Waals surface area contributed by atoms with Gasteiger partial charge in [0.05, 0.1) is 12.3 Å². The van der Waals surface area contributed by atoms with Crippen LogP contribution in [0.4, 0.5) is 0 Å². The molecule has 0 bridgehead atoms. The van der Waals surface area contributed by atoms with Gasteiger partial charge in [-0.05, 0) is 53.5 Å². The van der Waals surface area contributed by atoms with E-state index < -0.39 is 0 Å². The van der Waals surface area contributed by atoms with E-state index in [1.54, 1.807) is 4.68 Å². The fraction of sp³-hybridized carbons (Fsp3) is 0.786. The van der Waals surface area contributed by atoms with E-state index >= 15 is 0 Å². The summed E-state index contributed by atoms with van der Waals surface area (Å²) >= 11 is 0. The first-order valence-corrected chi connectivity index (χ1v) is 6.77. The highest BCUT2D eigenvalue weighted by Gasteiger charge is 2.07. The Morgan fingerprint density at radius 1 is 1.28 bits per heavy atom. The van der Waals surface area contributed by atoms with Gasteiger partial charge in [0.2, 0.25) is 5.88 Å². The largest absolute Gasteiger partial charge is 0.478 e. The van der Waals surface area contributed by atoms with Gasteiger partial charge in [-0.3, -0.25) is 0 Å². The number of hydrogen-bond acceptors (Lipinski definition) is 3. The number of unbranched alkanes of at least 4 members (excludes halogenated alkanes) is 2. The molecule has 4 heteroatoms. The summed E-state index contributed by atoms with van der Waals surface area (Å²) in [6.45, 7) is 10.4. The van der Waals surface area contributed by atoms with Crippen LogP contribution in [-0.2, 0) is 7.05 Å². The quantitative estimate of drug-likeness (QED) is 0.759. The maximum absolute atomic E-state index is 5.69. The fourth-order valence-electron chi connectivity index (χ4n) is 1.77. The molecule has 1 aromatic rings. The van der Waals surface area contributed by atoms with Crippen LogP contribution >= 0.6 is 0 Å². The summed E-state index contributed by atoms with van der Waals surface area (Å²) < 4.78 is 7.47. The van der Waals surface area contributed by atoms with Crippen molar-refractivity contribution in [2.75, 3.05) is 13.2 Å². The average Bonchev–Trinajstić information content (AvgIpc) is 2.54. The molecule has 1 aromatic heterocycles. The molecule has 0 fully saturated rings. The summed E-state index contributed by atoms with van der Waals surface area (Å²) in [5.74, 6) is 0.861. The van der Waals surface area contributed by atoms with E-state index in [4.69, 9.17) is 4.74 Å². The summed E-state index contributed by atoms with van der Waals surface area (Å²) in [4.78, 5) is 0. The third kappa shape index (κ3) is 6.05.